The van der Waals surface area contributed by atoms with Gasteiger partial charge < -0.3 is 5.32 Å². The summed E-state index contributed by atoms with van der Waals surface area (Å²) in [6, 6.07) is 5.51. The molecule has 0 saturated heterocycles. The van der Waals surface area contributed by atoms with E-state index in [4.69, 9.17) is 0 Å². The van der Waals surface area contributed by atoms with E-state index in [-0.39, 0.29) is 5.69 Å². The molecular formula is C13H15FN4O2. The van der Waals surface area contributed by atoms with E-state index in [0.29, 0.717) is 18.7 Å². The molecule has 0 spiro atoms. The van der Waals surface area contributed by atoms with Gasteiger partial charge in [0.15, 0.2) is 0 Å². The SMILES string of the molecule is Cn1nccc1CCNCc1cc(F)cc([N+](=O)[O-])c1. The van der Waals surface area contributed by atoms with Gasteiger partial charge in [0.05, 0.1) is 11.0 Å². The van der Waals surface area contributed by atoms with Crippen LogP contribution in [0.5, 0.6) is 0 Å². The number of aromatic nitrogens is 2. The van der Waals surface area contributed by atoms with E-state index in [1.165, 1.54) is 12.1 Å². The Morgan fingerprint density at radius 2 is 2.25 bits per heavy atom. The summed E-state index contributed by atoms with van der Waals surface area (Å²) in [5, 5.41) is 17.8. The van der Waals surface area contributed by atoms with Crippen molar-refractivity contribution in [3.8, 4) is 0 Å². The van der Waals surface area contributed by atoms with Gasteiger partial charge >= 0.3 is 0 Å². The molecule has 1 N–H and O–H groups in total. The summed E-state index contributed by atoms with van der Waals surface area (Å²) in [6.07, 6.45) is 2.51. The fourth-order valence-electron chi connectivity index (χ4n) is 1.94. The Labute approximate surface area is 115 Å². The van der Waals surface area contributed by atoms with E-state index in [2.05, 4.69) is 10.4 Å². The molecule has 0 aliphatic carbocycles. The highest BCUT2D eigenvalue weighted by atomic mass is 19.1. The number of aryl methyl sites for hydroxylation is 1. The van der Waals surface area contributed by atoms with Crippen molar-refractivity contribution in [1.29, 1.82) is 0 Å². The molecule has 1 aromatic heterocycles. The molecule has 2 rings (SSSR count). The lowest BCUT2D eigenvalue weighted by molar-refractivity contribution is -0.385. The van der Waals surface area contributed by atoms with E-state index in [1.54, 1.807) is 10.9 Å². The number of hydrogen-bond acceptors (Lipinski definition) is 4. The minimum atomic E-state index is -0.595. The van der Waals surface area contributed by atoms with E-state index >= 15 is 0 Å². The topological polar surface area (TPSA) is 73.0 Å². The van der Waals surface area contributed by atoms with Crippen LogP contribution in [0.2, 0.25) is 0 Å². The van der Waals surface area contributed by atoms with Crippen molar-refractivity contribution in [3.05, 3.63) is 57.7 Å². The fourth-order valence-corrected chi connectivity index (χ4v) is 1.94. The molecule has 0 bridgehead atoms. The first kappa shape index (κ1) is 14.1. The molecule has 0 amide bonds. The third-order valence-electron chi connectivity index (χ3n) is 2.96. The first-order valence-electron chi connectivity index (χ1n) is 6.18. The van der Waals surface area contributed by atoms with Crippen LogP contribution in [0.25, 0.3) is 0 Å². The average molecular weight is 278 g/mol. The lowest BCUT2D eigenvalue weighted by Gasteiger charge is -2.06. The molecule has 20 heavy (non-hydrogen) atoms. The molecule has 0 unspecified atom stereocenters. The van der Waals surface area contributed by atoms with E-state index < -0.39 is 10.7 Å². The number of hydrogen-bond donors (Lipinski definition) is 1. The molecule has 0 aliphatic heterocycles. The van der Waals surface area contributed by atoms with Crippen LogP contribution in [-0.4, -0.2) is 21.2 Å². The third kappa shape index (κ3) is 3.61. The van der Waals surface area contributed by atoms with Crippen molar-refractivity contribution < 1.29 is 9.31 Å². The smallest absolute Gasteiger partial charge is 0.272 e. The lowest BCUT2D eigenvalue weighted by atomic mass is 10.2. The number of halogens is 1. The minimum absolute atomic E-state index is 0.228. The van der Waals surface area contributed by atoms with Gasteiger partial charge in [-0.2, -0.15) is 5.10 Å². The Morgan fingerprint density at radius 3 is 2.90 bits per heavy atom. The van der Waals surface area contributed by atoms with Crippen LogP contribution in [0.4, 0.5) is 10.1 Å². The monoisotopic (exact) mass is 278 g/mol. The normalized spacial score (nSPS) is 10.7. The summed E-state index contributed by atoms with van der Waals surface area (Å²) in [5.74, 6) is -0.595. The maximum absolute atomic E-state index is 13.2. The molecule has 106 valence electrons. The van der Waals surface area contributed by atoms with Crippen LogP contribution in [0.1, 0.15) is 11.3 Å². The van der Waals surface area contributed by atoms with Crippen molar-refractivity contribution in [2.45, 2.75) is 13.0 Å². The molecule has 0 atom stereocenters. The van der Waals surface area contributed by atoms with Gasteiger partial charge in [-0.05, 0) is 17.7 Å². The zero-order valence-corrected chi connectivity index (χ0v) is 11.0. The third-order valence-corrected chi connectivity index (χ3v) is 2.96. The van der Waals surface area contributed by atoms with Gasteiger partial charge in [0.25, 0.3) is 5.69 Å². The molecular weight excluding hydrogens is 263 g/mol. The molecule has 0 fully saturated rings. The van der Waals surface area contributed by atoms with Gasteiger partial charge in [0.1, 0.15) is 5.82 Å². The lowest BCUT2D eigenvalue weighted by Crippen LogP contribution is -2.18. The second-order valence-electron chi connectivity index (χ2n) is 4.45. The highest BCUT2D eigenvalue weighted by Crippen LogP contribution is 2.16. The summed E-state index contributed by atoms with van der Waals surface area (Å²) < 4.78 is 15.0. The highest BCUT2D eigenvalue weighted by molar-refractivity contribution is 5.35. The van der Waals surface area contributed by atoms with Crippen molar-refractivity contribution in [1.82, 2.24) is 15.1 Å². The molecule has 0 radical (unpaired) electrons. The van der Waals surface area contributed by atoms with Crippen LogP contribution >= 0.6 is 0 Å². The first-order valence-corrected chi connectivity index (χ1v) is 6.18. The Kier molecular flexibility index (Phi) is 4.41. The van der Waals surface area contributed by atoms with Crippen LogP contribution in [0.15, 0.2) is 30.5 Å². The first-order chi connectivity index (χ1) is 9.56. The Bertz CT molecular complexity index is 612. The molecule has 0 aliphatic rings. The maximum atomic E-state index is 13.2. The second-order valence-corrected chi connectivity index (χ2v) is 4.45. The van der Waals surface area contributed by atoms with Gasteiger partial charge in [0.2, 0.25) is 0 Å². The van der Waals surface area contributed by atoms with Gasteiger partial charge in [0, 0.05) is 44.5 Å². The summed E-state index contributed by atoms with van der Waals surface area (Å²) >= 11 is 0. The van der Waals surface area contributed by atoms with Crippen molar-refractivity contribution in [2.24, 2.45) is 7.05 Å². The van der Waals surface area contributed by atoms with Crippen LogP contribution < -0.4 is 5.32 Å². The number of non-ortho nitro benzene ring substituents is 1. The molecule has 1 aromatic carbocycles. The summed E-state index contributed by atoms with van der Waals surface area (Å²) in [7, 11) is 1.87. The van der Waals surface area contributed by atoms with E-state index in [9.17, 15) is 14.5 Å². The number of benzene rings is 1. The quantitative estimate of drug-likeness (QED) is 0.497. The van der Waals surface area contributed by atoms with Crippen LogP contribution in [0, 0.1) is 15.9 Å². The van der Waals surface area contributed by atoms with Gasteiger partial charge in [-0.3, -0.25) is 14.8 Å². The minimum Gasteiger partial charge on any atom is -0.312 e. The molecule has 6 nitrogen and oxygen atoms in total. The Morgan fingerprint density at radius 1 is 1.45 bits per heavy atom. The number of rotatable bonds is 6. The Balaban J connectivity index is 1.88. The maximum Gasteiger partial charge on any atom is 0.272 e. The van der Waals surface area contributed by atoms with Gasteiger partial charge in [-0.25, -0.2) is 4.39 Å². The van der Waals surface area contributed by atoms with Crippen molar-refractivity contribution >= 4 is 5.69 Å². The molecule has 2 aromatic rings. The standard InChI is InChI=1S/C13H15FN4O2/c1-17-12(3-5-16-17)2-4-15-9-10-6-11(14)8-13(7-10)18(19)20/h3,5-8,15H,2,4,9H2,1H3. The number of nitrogens with zero attached hydrogens (tertiary/aromatic N) is 3. The van der Waals surface area contributed by atoms with Crippen LogP contribution in [0.3, 0.4) is 0 Å². The predicted molar refractivity (Wildman–Crippen MR) is 71.7 cm³/mol. The summed E-state index contributed by atoms with van der Waals surface area (Å²) in [4.78, 5) is 10.0. The summed E-state index contributed by atoms with van der Waals surface area (Å²) in [5.41, 5.74) is 1.41. The average Bonchev–Trinajstić information content (AvgIpc) is 2.80. The van der Waals surface area contributed by atoms with Crippen LogP contribution in [-0.2, 0) is 20.0 Å². The molecule has 1 heterocycles. The molecule has 7 heteroatoms. The molecule has 0 saturated carbocycles. The largest absolute Gasteiger partial charge is 0.312 e. The van der Waals surface area contributed by atoms with E-state index in [0.717, 1.165) is 18.2 Å². The van der Waals surface area contributed by atoms with E-state index in [1.807, 2.05) is 13.1 Å². The Hall–Kier alpha value is -2.28. The number of nitrogens with one attached hydrogen (secondary N) is 1. The van der Waals surface area contributed by atoms with Crippen molar-refractivity contribution in [3.63, 3.8) is 0 Å². The zero-order valence-electron chi connectivity index (χ0n) is 11.0. The van der Waals surface area contributed by atoms with Gasteiger partial charge in [-0.1, -0.05) is 0 Å². The highest BCUT2D eigenvalue weighted by Gasteiger charge is 2.09. The second kappa shape index (κ2) is 6.25. The summed E-state index contributed by atoms with van der Waals surface area (Å²) in [6.45, 7) is 1.07. The zero-order chi connectivity index (χ0) is 14.5. The van der Waals surface area contributed by atoms with Gasteiger partial charge in [-0.15, -0.1) is 0 Å². The number of nitro groups is 1. The fraction of sp³-hybridized carbons (Fsp3) is 0.308. The number of nitro benzene ring substituents is 1. The van der Waals surface area contributed by atoms with Crippen molar-refractivity contribution in [2.75, 3.05) is 6.54 Å². The predicted octanol–water partition coefficient (Wildman–Crippen LogP) is 1.80.